The molecule has 0 saturated carbocycles. The van der Waals surface area contributed by atoms with E-state index in [1.54, 1.807) is 24.1 Å². The van der Waals surface area contributed by atoms with E-state index in [0.717, 1.165) is 5.56 Å². The number of amides is 1. The number of hydrogen-bond acceptors (Lipinski definition) is 2. The number of carbonyl (C=O) groups is 1. The Morgan fingerprint density at radius 3 is 2.53 bits per heavy atom. The van der Waals surface area contributed by atoms with E-state index in [1.165, 1.54) is 0 Å². The van der Waals surface area contributed by atoms with Crippen LogP contribution in [0.25, 0.3) is 0 Å². The molecule has 1 aromatic carbocycles. The fourth-order valence-corrected chi connectivity index (χ4v) is 1.85. The lowest BCUT2D eigenvalue weighted by Gasteiger charge is -2.15. The molecule has 0 bridgehead atoms. The van der Waals surface area contributed by atoms with Crippen LogP contribution in [-0.2, 0) is 6.54 Å². The molecule has 0 aliphatic carbocycles. The number of carbonyl (C=O) groups excluding carboxylic acids is 1. The van der Waals surface area contributed by atoms with Gasteiger partial charge in [0.25, 0.3) is 5.91 Å². The van der Waals surface area contributed by atoms with Gasteiger partial charge in [0.1, 0.15) is 0 Å². The number of rotatable bonds is 3. The van der Waals surface area contributed by atoms with Gasteiger partial charge in [-0.05, 0) is 33.6 Å². The molecule has 0 aliphatic heterocycles. The first-order chi connectivity index (χ1) is 8.16. The first kappa shape index (κ1) is 11.9. The van der Waals surface area contributed by atoms with Crippen molar-refractivity contribution in [2.75, 3.05) is 7.05 Å². The highest BCUT2D eigenvalue weighted by Crippen LogP contribution is 2.16. The zero-order chi connectivity index (χ0) is 12.3. The van der Waals surface area contributed by atoms with E-state index in [1.807, 2.05) is 30.3 Å². The Bertz CT molecular complexity index is 507. The third kappa shape index (κ3) is 2.97. The summed E-state index contributed by atoms with van der Waals surface area (Å²) >= 11 is 3.18. The molecule has 17 heavy (non-hydrogen) atoms. The molecule has 0 aliphatic rings. The lowest BCUT2D eigenvalue weighted by molar-refractivity contribution is 0.0752. The fraction of sp³-hybridized carbons (Fsp3) is 0.154. The van der Waals surface area contributed by atoms with Gasteiger partial charge < -0.3 is 9.32 Å². The van der Waals surface area contributed by atoms with Gasteiger partial charge in [0.05, 0.1) is 0 Å². The van der Waals surface area contributed by atoms with Gasteiger partial charge in [-0.25, -0.2) is 0 Å². The van der Waals surface area contributed by atoms with Gasteiger partial charge in [-0.1, -0.05) is 30.3 Å². The molecule has 3 nitrogen and oxygen atoms in total. The predicted octanol–water partition coefficient (Wildman–Crippen LogP) is 3.31. The third-order valence-electron chi connectivity index (χ3n) is 2.39. The fourth-order valence-electron chi connectivity index (χ4n) is 1.55. The van der Waals surface area contributed by atoms with Gasteiger partial charge in [0.2, 0.25) is 0 Å². The molecule has 2 aromatic rings. The zero-order valence-corrected chi connectivity index (χ0v) is 11.0. The average molecular weight is 294 g/mol. The number of furan rings is 1. The second-order valence-electron chi connectivity index (χ2n) is 3.75. The van der Waals surface area contributed by atoms with Crippen molar-refractivity contribution in [3.8, 4) is 0 Å². The average Bonchev–Trinajstić information content (AvgIpc) is 2.76. The summed E-state index contributed by atoms with van der Waals surface area (Å²) in [7, 11) is 1.76. The Hall–Kier alpha value is -1.55. The van der Waals surface area contributed by atoms with Crippen molar-refractivity contribution in [2.45, 2.75) is 6.54 Å². The van der Waals surface area contributed by atoms with Crippen molar-refractivity contribution in [1.82, 2.24) is 4.90 Å². The number of benzene rings is 1. The Balaban J connectivity index is 2.06. The summed E-state index contributed by atoms with van der Waals surface area (Å²) in [4.78, 5) is 13.6. The van der Waals surface area contributed by atoms with Crippen LogP contribution in [-0.4, -0.2) is 17.9 Å². The van der Waals surface area contributed by atoms with E-state index in [-0.39, 0.29) is 5.91 Å². The minimum absolute atomic E-state index is 0.125. The molecule has 4 heteroatoms. The third-order valence-corrected chi connectivity index (χ3v) is 2.82. The van der Waals surface area contributed by atoms with Gasteiger partial charge in [-0.3, -0.25) is 4.79 Å². The molecule has 0 saturated heterocycles. The molecule has 0 atom stereocenters. The summed E-state index contributed by atoms with van der Waals surface area (Å²) in [6.45, 7) is 0.567. The van der Waals surface area contributed by atoms with Crippen molar-refractivity contribution < 1.29 is 9.21 Å². The molecule has 1 aromatic heterocycles. The minimum Gasteiger partial charge on any atom is -0.444 e. The molecule has 1 amide bonds. The van der Waals surface area contributed by atoms with Crippen LogP contribution < -0.4 is 0 Å². The maximum atomic E-state index is 12.0. The molecular formula is C13H12BrNO2. The van der Waals surface area contributed by atoms with Crippen molar-refractivity contribution in [3.05, 3.63) is 58.5 Å². The summed E-state index contributed by atoms with van der Waals surface area (Å²) in [5, 5.41) is 0. The van der Waals surface area contributed by atoms with E-state index < -0.39 is 0 Å². The topological polar surface area (TPSA) is 33.5 Å². The van der Waals surface area contributed by atoms with Gasteiger partial charge in [0.15, 0.2) is 10.4 Å². The van der Waals surface area contributed by atoms with E-state index in [4.69, 9.17) is 4.42 Å². The summed E-state index contributed by atoms with van der Waals surface area (Å²) < 4.78 is 5.79. The number of nitrogens with zero attached hydrogens (tertiary/aromatic N) is 1. The Morgan fingerprint density at radius 2 is 1.94 bits per heavy atom. The maximum absolute atomic E-state index is 12.0. The summed E-state index contributed by atoms with van der Waals surface area (Å²) in [6.07, 6.45) is 0. The van der Waals surface area contributed by atoms with Crippen LogP contribution in [0.2, 0.25) is 0 Å². The van der Waals surface area contributed by atoms with Crippen molar-refractivity contribution in [1.29, 1.82) is 0 Å². The number of hydrogen-bond donors (Lipinski definition) is 0. The Labute approximate surface area is 108 Å². The van der Waals surface area contributed by atoms with Crippen LogP contribution in [0, 0.1) is 0 Å². The van der Waals surface area contributed by atoms with Crippen molar-refractivity contribution in [2.24, 2.45) is 0 Å². The monoisotopic (exact) mass is 293 g/mol. The maximum Gasteiger partial charge on any atom is 0.289 e. The van der Waals surface area contributed by atoms with E-state index in [9.17, 15) is 4.79 Å². The summed E-state index contributed by atoms with van der Waals surface area (Å²) in [5.41, 5.74) is 1.09. The second kappa shape index (κ2) is 5.19. The zero-order valence-electron chi connectivity index (χ0n) is 9.39. The molecular weight excluding hydrogens is 282 g/mol. The lowest BCUT2D eigenvalue weighted by atomic mass is 10.2. The standard InChI is InChI=1S/C13H12BrNO2/c1-15(9-10-5-3-2-4-6-10)13(16)11-7-8-12(14)17-11/h2-8H,9H2,1H3. The molecule has 0 spiro atoms. The highest BCUT2D eigenvalue weighted by molar-refractivity contribution is 9.10. The minimum atomic E-state index is -0.125. The van der Waals surface area contributed by atoms with Gasteiger partial charge in [0, 0.05) is 13.6 Å². The molecule has 0 unspecified atom stereocenters. The van der Waals surface area contributed by atoms with Crippen LogP contribution in [0.5, 0.6) is 0 Å². The summed E-state index contributed by atoms with van der Waals surface area (Å²) in [5.74, 6) is 0.217. The normalized spacial score (nSPS) is 10.2. The van der Waals surface area contributed by atoms with E-state index >= 15 is 0 Å². The van der Waals surface area contributed by atoms with Crippen LogP contribution >= 0.6 is 15.9 Å². The lowest BCUT2D eigenvalue weighted by Crippen LogP contribution is -2.25. The van der Waals surface area contributed by atoms with Crippen LogP contribution in [0.4, 0.5) is 0 Å². The Kier molecular flexibility index (Phi) is 3.64. The molecule has 2 rings (SSSR count). The molecule has 0 N–H and O–H groups in total. The van der Waals surface area contributed by atoms with Gasteiger partial charge in [-0.15, -0.1) is 0 Å². The first-order valence-corrected chi connectivity index (χ1v) is 6.01. The SMILES string of the molecule is CN(Cc1ccccc1)C(=O)c1ccc(Br)o1. The first-order valence-electron chi connectivity index (χ1n) is 5.21. The van der Waals surface area contributed by atoms with Gasteiger partial charge in [-0.2, -0.15) is 0 Å². The molecule has 0 radical (unpaired) electrons. The van der Waals surface area contributed by atoms with E-state index in [2.05, 4.69) is 15.9 Å². The highest BCUT2D eigenvalue weighted by atomic mass is 79.9. The predicted molar refractivity (Wildman–Crippen MR) is 68.6 cm³/mol. The van der Waals surface area contributed by atoms with Crippen LogP contribution in [0.15, 0.2) is 51.6 Å². The van der Waals surface area contributed by atoms with Crippen molar-refractivity contribution >= 4 is 21.8 Å². The molecule has 1 heterocycles. The summed E-state index contributed by atoms with van der Waals surface area (Å²) in [6, 6.07) is 13.2. The second-order valence-corrected chi connectivity index (χ2v) is 4.53. The molecule has 88 valence electrons. The molecule has 0 fully saturated rings. The smallest absolute Gasteiger partial charge is 0.289 e. The highest BCUT2D eigenvalue weighted by Gasteiger charge is 2.15. The van der Waals surface area contributed by atoms with Gasteiger partial charge >= 0.3 is 0 Å². The number of halogens is 1. The van der Waals surface area contributed by atoms with Crippen molar-refractivity contribution in [3.63, 3.8) is 0 Å². The quantitative estimate of drug-likeness (QED) is 0.870. The Morgan fingerprint density at radius 1 is 1.24 bits per heavy atom. The van der Waals surface area contributed by atoms with E-state index in [0.29, 0.717) is 17.0 Å². The van der Waals surface area contributed by atoms with Crippen LogP contribution in [0.1, 0.15) is 16.1 Å². The van der Waals surface area contributed by atoms with Crippen LogP contribution in [0.3, 0.4) is 0 Å². The largest absolute Gasteiger partial charge is 0.444 e.